The van der Waals surface area contributed by atoms with Crippen LogP contribution < -0.4 is 10.0 Å². The van der Waals surface area contributed by atoms with Crippen LogP contribution in [0, 0.1) is 19.3 Å². The molecule has 1 saturated heterocycles. The highest BCUT2D eigenvalue weighted by Gasteiger charge is 2.22. The maximum Gasteiger partial charge on any atom is 0.251 e. The van der Waals surface area contributed by atoms with Gasteiger partial charge in [0, 0.05) is 31.2 Å². The fraction of sp³-hybridized carbons (Fsp3) is 0.348. The van der Waals surface area contributed by atoms with E-state index < -0.39 is 10.0 Å². The van der Waals surface area contributed by atoms with Gasteiger partial charge < -0.3 is 5.32 Å². The molecule has 2 N–H and O–H groups in total. The molecular formula is C23H27N3O3S. The van der Waals surface area contributed by atoms with Crippen molar-refractivity contribution in [2.24, 2.45) is 0 Å². The van der Waals surface area contributed by atoms with Crippen LogP contribution in [0.25, 0.3) is 0 Å². The lowest BCUT2D eigenvalue weighted by Crippen LogP contribution is -2.44. The molecule has 2 aromatic rings. The zero-order chi connectivity index (χ0) is 21.6. The molecule has 1 aliphatic heterocycles. The smallest absolute Gasteiger partial charge is 0.251 e. The maximum atomic E-state index is 12.6. The quantitative estimate of drug-likeness (QED) is 0.668. The van der Waals surface area contributed by atoms with Gasteiger partial charge in [0.2, 0.25) is 10.0 Å². The van der Waals surface area contributed by atoms with E-state index in [1.54, 1.807) is 12.1 Å². The summed E-state index contributed by atoms with van der Waals surface area (Å²) in [6.45, 7) is 4.72. The Morgan fingerprint density at radius 1 is 1.17 bits per heavy atom. The molecule has 0 unspecified atom stereocenters. The fourth-order valence-electron chi connectivity index (χ4n) is 3.60. The van der Waals surface area contributed by atoms with Crippen LogP contribution in [0.2, 0.25) is 0 Å². The van der Waals surface area contributed by atoms with E-state index in [4.69, 9.17) is 6.42 Å². The first-order valence-corrected chi connectivity index (χ1v) is 11.5. The standard InChI is InChI=1S/C23H27N3O3S/c1-3-12-24-30(28,29)22-9-5-8-20(16-22)23(27)25-21-10-13-26(14-11-21)17-19-7-4-6-18(2)15-19/h1,4-9,15-16,21,24H,10-14,17H2,2H3,(H,25,27). The van der Waals surface area contributed by atoms with Gasteiger partial charge in [-0.15, -0.1) is 6.42 Å². The Kier molecular flexibility index (Phi) is 7.27. The van der Waals surface area contributed by atoms with Gasteiger partial charge in [0.15, 0.2) is 0 Å². The Bertz CT molecular complexity index is 1040. The summed E-state index contributed by atoms with van der Waals surface area (Å²) < 4.78 is 26.7. The minimum Gasteiger partial charge on any atom is -0.349 e. The van der Waals surface area contributed by atoms with Crippen molar-refractivity contribution in [2.75, 3.05) is 19.6 Å². The average Bonchev–Trinajstić information content (AvgIpc) is 2.74. The molecule has 0 saturated carbocycles. The lowest BCUT2D eigenvalue weighted by atomic mass is 10.0. The van der Waals surface area contributed by atoms with Gasteiger partial charge in [-0.05, 0) is 43.5 Å². The Morgan fingerprint density at radius 3 is 2.60 bits per heavy atom. The predicted octanol–water partition coefficient (Wildman–Crippen LogP) is 2.30. The normalized spacial score (nSPS) is 15.5. The summed E-state index contributed by atoms with van der Waals surface area (Å²) in [6, 6.07) is 14.6. The van der Waals surface area contributed by atoms with Gasteiger partial charge in [0.05, 0.1) is 11.4 Å². The number of nitrogens with one attached hydrogen (secondary N) is 2. The van der Waals surface area contributed by atoms with Crippen molar-refractivity contribution in [3.63, 3.8) is 0 Å². The molecule has 0 spiro atoms. The molecule has 0 atom stereocenters. The topological polar surface area (TPSA) is 78.5 Å². The van der Waals surface area contributed by atoms with Crippen molar-refractivity contribution in [3.05, 3.63) is 65.2 Å². The number of benzene rings is 2. The summed E-state index contributed by atoms with van der Waals surface area (Å²) in [5, 5.41) is 3.04. The fourth-order valence-corrected chi connectivity index (χ4v) is 4.58. The molecule has 1 aliphatic rings. The number of terminal acetylenes is 1. The van der Waals surface area contributed by atoms with E-state index in [0.29, 0.717) is 5.56 Å². The van der Waals surface area contributed by atoms with Crippen molar-refractivity contribution < 1.29 is 13.2 Å². The Balaban J connectivity index is 1.55. The van der Waals surface area contributed by atoms with Crippen LogP contribution in [0.1, 0.15) is 34.3 Å². The highest BCUT2D eigenvalue weighted by molar-refractivity contribution is 7.89. The first-order chi connectivity index (χ1) is 14.4. The van der Waals surface area contributed by atoms with Crippen LogP contribution in [0.5, 0.6) is 0 Å². The largest absolute Gasteiger partial charge is 0.349 e. The predicted molar refractivity (Wildman–Crippen MR) is 117 cm³/mol. The molecule has 0 bridgehead atoms. The van der Waals surface area contributed by atoms with Crippen molar-refractivity contribution in [1.29, 1.82) is 0 Å². The van der Waals surface area contributed by atoms with Crippen molar-refractivity contribution in [2.45, 2.75) is 37.2 Å². The highest BCUT2D eigenvalue weighted by atomic mass is 32.2. The Hall–Kier alpha value is -2.66. The summed E-state index contributed by atoms with van der Waals surface area (Å²) in [4.78, 5) is 15.1. The number of hydrogen-bond donors (Lipinski definition) is 2. The molecule has 2 aromatic carbocycles. The molecular weight excluding hydrogens is 398 g/mol. The second kappa shape index (κ2) is 9.90. The SMILES string of the molecule is C#CCNS(=O)(=O)c1cccc(C(=O)NC2CCN(Cc3cccc(C)c3)CC2)c1. The third-order valence-electron chi connectivity index (χ3n) is 5.18. The molecule has 30 heavy (non-hydrogen) atoms. The third kappa shape index (κ3) is 5.92. The van der Waals surface area contributed by atoms with Crippen molar-refractivity contribution in [1.82, 2.24) is 14.9 Å². The zero-order valence-electron chi connectivity index (χ0n) is 17.1. The Morgan fingerprint density at radius 2 is 1.90 bits per heavy atom. The van der Waals surface area contributed by atoms with E-state index in [0.717, 1.165) is 32.5 Å². The van der Waals surface area contributed by atoms with E-state index in [-0.39, 0.29) is 23.4 Å². The first-order valence-electron chi connectivity index (χ1n) is 9.99. The number of likely N-dealkylation sites (tertiary alicyclic amines) is 1. The maximum absolute atomic E-state index is 12.6. The summed E-state index contributed by atoms with van der Waals surface area (Å²) in [5.41, 5.74) is 2.88. The van der Waals surface area contributed by atoms with Crippen molar-refractivity contribution in [3.8, 4) is 12.3 Å². The molecule has 0 aromatic heterocycles. The van der Waals surface area contributed by atoms with Crippen LogP contribution in [-0.2, 0) is 16.6 Å². The summed E-state index contributed by atoms with van der Waals surface area (Å²) in [5.74, 6) is 1.97. The number of sulfonamides is 1. The molecule has 6 nitrogen and oxygen atoms in total. The van der Waals surface area contributed by atoms with E-state index in [9.17, 15) is 13.2 Å². The molecule has 0 radical (unpaired) electrons. The number of rotatable bonds is 7. The third-order valence-corrected chi connectivity index (χ3v) is 6.58. The summed E-state index contributed by atoms with van der Waals surface area (Å²) in [7, 11) is -3.73. The van der Waals surface area contributed by atoms with Crippen LogP contribution >= 0.6 is 0 Å². The minimum atomic E-state index is -3.73. The lowest BCUT2D eigenvalue weighted by Gasteiger charge is -2.32. The number of aryl methyl sites for hydroxylation is 1. The average molecular weight is 426 g/mol. The van der Waals surface area contributed by atoms with E-state index in [2.05, 4.69) is 52.0 Å². The monoisotopic (exact) mass is 425 g/mol. The van der Waals surface area contributed by atoms with E-state index in [1.807, 2.05) is 0 Å². The second-order valence-corrected chi connectivity index (χ2v) is 9.34. The van der Waals surface area contributed by atoms with Crippen LogP contribution in [-0.4, -0.2) is 44.9 Å². The second-order valence-electron chi connectivity index (χ2n) is 7.57. The summed E-state index contributed by atoms with van der Waals surface area (Å²) >= 11 is 0. The van der Waals surface area contributed by atoms with Gasteiger partial charge in [-0.25, -0.2) is 8.42 Å². The van der Waals surface area contributed by atoms with Crippen LogP contribution in [0.4, 0.5) is 0 Å². The van der Waals surface area contributed by atoms with E-state index >= 15 is 0 Å². The van der Waals surface area contributed by atoms with Crippen LogP contribution in [0.3, 0.4) is 0 Å². The Labute approximate surface area is 178 Å². The van der Waals surface area contributed by atoms with Gasteiger partial charge >= 0.3 is 0 Å². The van der Waals surface area contributed by atoms with Gasteiger partial charge in [0.1, 0.15) is 0 Å². The summed E-state index contributed by atoms with van der Waals surface area (Å²) in [6.07, 6.45) is 6.83. The minimum absolute atomic E-state index is 0.0263. The van der Waals surface area contributed by atoms with Gasteiger partial charge in [-0.1, -0.05) is 41.8 Å². The first kappa shape index (κ1) is 22.0. The molecule has 7 heteroatoms. The zero-order valence-corrected chi connectivity index (χ0v) is 17.9. The lowest BCUT2D eigenvalue weighted by molar-refractivity contribution is 0.0908. The number of carbonyl (C=O) groups excluding carboxylic acids is 1. The van der Waals surface area contributed by atoms with Crippen molar-refractivity contribution >= 4 is 15.9 Å². The molecule has 1 amide bonds. The number of amides is 1. The van der Waals surface area contributed by atoms with Gasteiger partial charge in [0.25, 0.3) is 5.91 Å². The number of nitrogens with zero attached hydrogens (tertiary/aromatic N) is 1. The van der Waals surface area contributed by atoms with Gasteiger partial charge in [-0.3, -0.25) is 9.69 Å². The van der Waals surface area contributed by atoms with Crippen LogP contribution in [0.15, 0.2) is 53.4 Å². The molecule has 1 heterocycles. The number of piperidine rings is 1. The van der Waals surface area contributed by atoms with Gasteiger partial charge in [-0.2, -0.15) is 4.72 Å². The molecule has 1 fully saturated rings. The molecule has 0 aliphatic carbocycles. The number of carbonyl (C=O) groups is 1. The van der Waals surface area contributed by atoms with E-state index in [1.165, 1.54) is 23.3 Å². The molecule has 158 valence electrons. The molecule has 3 rings (SSSR count). The highest BCUT2D eigenvalue weighted by Crippen LogP contribution is 2.16. The number of hydrogen-bond acceptors (Lipinski definition) is 4.